The first-order chi connectivity index (χ1) is 31.6. The van der Waals surface area contributed by atoms with Crippen molar-refractivity contribution < 1.29 is 32.7 Å². The van der Waals surface area contributed by atoms with Crippen LogP contribution in [-0.2, 0) is 14.8 Å². The highest BCUT2D eigenvalue weighted by molar-refractivity contribution is 7.90. The number of benzene rings is 2. The minimum Gasteiger partial charge on any atom is -0.455 e. The number of aromatic amines is 1. The number of amides is 1. The molecule has 1 amide bonds. The number of nitro groups is 1. The van der Waals surface area contributed by atoms with Crippen LogP contribution >= 0.6 is 0 Å². The van der Waals surface area contributed by atoms with Gasteiger partial charge in [0, 0.05) is 61.6 Å². The van der Waals surface area contributed by atoms with Crippen LogP contribution in [0.25, 0.3) is 11.0 Å². The molecule has 4 fully saturated rings. The Morgan fingerprint density at radius 3 is 2.53 bits per heavy atom. The lowest BCUT2D eigenvalue weighted by atomic mass is 9.59. The van der Waals surface area contributed by atoms with Crippen LogP contribution in [0.1, 0.15) is 113 Å². The van der Waals surface area contributed by atoms with Crippen LogP contribution in [0.5, 0.6) is 11.5 Å². The van der Waals surface area contributed by atoms with E-state index in [0.717, 1.165) is 88.1 Å². The molecule has 5 aromatic rings. The number of carbonyl (C=O) groups excluding carboxylic acids is 1. The molecule has 0 radical (unpaired) electrons. The molecular formula is C49H60N8O8S. The molecule has 4 aliphatic rings. The number of anilines is 2. The van der Waals surface area contributed by atoms with Crippen LogP contribution in [0, 0.1) is 21.4 Å². The molecule has 350 valence electrons. The number of hydrogen-bond donors (Lipinski definition) is 4. The predicted octanol–water partition coefficient (Wildman–Crippen LogP) is 8.46. The highest BCUT2D eigenvalue weighted by atomic mass is 32.2. The van der Waals surface area contributed by atoms with Crippen molar-refractivity contribution in [1.29, 1.82) is 0 Å². The molecule has 66 heavy (non-hydrogen) atoms. The number of piperidine rings is 1. The van der Waals surface area contributed by atoms with Gasteiger partial charge in [-0.3, -0.25) is 19.8 Å². The topological polar surface area (TPSA) is 205 Å². The lowest BCUT2D eigenvalue weighted by Gasteiger charge is -2.58. The number of morpholine rings is 1. The van der Waals surface area contributed by atoms with Gasteiger partial charge in [-0.2, -0.15) is 0 Å². The quantitative estimate of drug-likeness (QED) is 0.0647. The summed E-state index contributed by atoms with van der Waals surface area (Å²) in [6.45, 7) is 12.2. The van der Waals surface area contributed by atoms with E-state index in [1.807, 2.05) is 6.07 Å². The average molecular weight is 921 g/mol. The van der Waals surface area contributed by atoms with Gasteiger partial charge in [0.05, 0.1) is 47.2 Å². The number of sulfonamides is 1. The molecule has 2 aliphatic heterocycles. The van der Waals surface area contributed by atoms with E-state index in [-0.39, 0.29) is 40.6 Å². The summed E-state index contributed by atoms with van der Waals surface area (Å²) in [4.78, 5) is 41.5. The molecule has 2 saturated heterocycles. The van der Waals surface area contributed by atoms with Crippen molar-refractivity contribution in [1.82, 2.24) is 24.6 Å². The van der Waals surface area contributed by atoms with Gasteiger partial charge in [-0.1, -0.05) is 38.1 Å². The lowest BCUT2D eigenvalue weighted by Crippen LogP contribution is -2.59. The number of pyridine rings is 2. The van der Waals surface area contributed by atoms with E-state index < -0.39 is 37.0 Å². The Balaban J connectivity index is 0.901. The van der Waals surface area contributed by atoms with Crippen molar-refractivity contribution in [3.8, 4) is 11.5 Å². The van der Waals surface area contributed by atoms with E-state index in [1.165, 1.54) is 17.3 Å². The lowest BCUT2D eigenvalue weighted by molar-refractivity contribution is -0.384. The fourth-order valence-corrected chi connectivity index (χ4v) is 11.7. The summed E-state index contributed by atoms with van der Waals surface area (Å²) < 4.78 is 42.1. The Morgan fingerprint density at radius 1 is 1.03 bits per heavy atom. The van der Waals surface area contributed by atoms with Crippen molar-refractivity contribution >= 4 is 44.2 Å². The summed E-state index contributed by atoms with van der Waals surface area (Å²) in [5.74, 6) is 0.00762. The van der Waals surface area contributed by atoms with E-state index >= 15 is 0 Å². The van der Waals surface area contributed by atoms with Crippen molar-refractivity contribution in [3.63, 3.8) is 0 Å². The zero-order chi connectivity index (χ0) is 46.4. The zero-order valence-electron chi connectivity index (χ0n) is 38.0. The van der Waals surface area contributed by atoms with Crippen LogP contribution in [0.2, 0.25) is 0 Å². The second kappa shape index (κ2) is 18.2. The number of nitrogens with one attached hydrogen (secondary N) is 3. The molecule has 4 N–H and O–H groups in total. The second-order valence-corrected chi connectivity index (χ2v) is 21.2. The molecule has 2 saturated carbocycles. The number of H-pyrrole nitrogens is 1. The average Bonchev–Trinajstić information content (AvgIpc) is 3.76. The number of carbonyl (C=O) groups is 1. The summed E-state index contributed by atoms with van der Waals surface area (Å²) in [5.41, 5.74) is 3.18. The zero-order valence-corrected chi connectivity index (χ0v) is 38.9. The monoisotopic (exact) mass is 920 g/mol. The maximum atomic E-state index is 14.0. The largest absolute Gasteiger partial charge is 0.455 e. The van der Waals surface area contributed by atoms with Crippen LogP contribution in [-0.4, -0.2) is 94.7 Å². The molecule has 2 atom stereocenters. The summed E-state index contributed by atoms with van der Waals surface area (Å²) in [6, 6.07) is 19.1. The fourth-order valence-electron chi connectivity index (χ4n) is 10.7. The van der Waals surface area contributed by atoms with Gasteiger partial charge >= 0.3 is 5.69 Å². The van der Waals surface area contributed by atoms with Crippen molar-refractivity contribution in [3.05, 3.63) is 106 Å². The minimum absolute atomic E-state index is 0.0488. The number of aliphatic hydroxyl groups is 1. The molecule has 16 nitrogen and oxygen atoms in total. The van der Waals surface area contributed by atoms with Gasteiger partial charge in [0.15, 0.2) is 0 Å². The van der Waals surface area contributed by atoms with E-state index in [2.05, 4.69) is 79.8 Å². The molecule has 0 bridgehead atoms. The number of nitrogens with zero attached hydrogens (tertiary/aromatic N) is 5. The molecule has 5 heterocycles. The Bertz CT molecular complexity index is 2700. The first kappa shape index (κ1) is 45.5. The molecule has 3 aromatic heterocycles. The smallest absolute Gasteiger partial charge is 0.312 e. The number of rotatable bonds is 13. The highest BCUT2D eigenvalue weighted by Crippen LogP contribution is 2.54. The number of hydrogen-bond acceptors (Lipinski definition) is 13. The number of fused-ring (bicyclic) bond motifs is 1. The molecule has 2 aliphatic carbocycles. The first-order valence-corrected chi connectivity index (χ1v) is 24.7. The van der Waals surface area contributed by atoms with Crippen molar-refractivity contribution in [2.75, 3.05) is 43.0 Å². The van der Waals surface area contributed by atoms with Gasteiger partial charge in [-0.05, 0) is 118 Å². The van der Waals surface area contributed by atoms with Crippen molar-refractivity contribution in [2.45, 2.75) is 114 Å². The minimum atomic E-state index is -4.64. The maximum absolute atomic E-state index is 14.0. The van der Waals surface area contributed by atoms with E-state index in [1.54, 1.807) is 37.4 Å². The maximum Gasteiger partial charge on any atom is 0.312 e. The summed E-state index contributed by atoms with van der Waals surface area (Å²) >= 11 is 0. The van der Waals surface area contributed by atoms with Gasteiger partial charge < -0.3 is 29.8 Å². The Morgan fingerprint density at radius 2 is 1.79 bits per heavy atom. The molecule has 1 spiro atoms. The van der Waals surface area contributed by atoms with Gasteiger partial charge in [-0.15, -0.1) is 0 Å². The fraction of sp³-hybridized carbons (Fsp3) is 0.490. The number of ether oxygens (including phenoxy) is 2. The molecule has 1 unspecified atom stereocenters. The van der Waals surface area contributed by atoms with Crippen LogP contribution < -0.4 is 19.7 Å². The third-order valence-corrected chi connectivity index (χ3v) is 15.9. The molecular weight excluding hydrogens is 861 g/mol. The summed E-state index contributed by atoms with van der Waals surface area (Å²) in [5, 5.41) is 26.2. The highest BCUT2D eigenvalue weighted by Gasteiger charge is 2.50. The standard InChI is InChI=1S/C49H60N8O8S/c1-31(2)39-7-5-6-8-40(39)44-32(3)64-22-21-56(44)36-26-49(27-36)16-19-55(20-17-49)35-9-10-41(43(24-35)65-37-23-34-13-18-50-45(34)52-29-37)47(58)54-66(62,63)38-25-42(57(60)61)46(53-30-38)51-28-33-11-14-48(4,59)15-12-33/h5-10,13,18,23-25,29-33,36,44,59H,11-12,14-17,19-22,26-28H2,1-4H3,(H,50,52)(H,51,53)(H,54,58)/t32?,33?,44-,48?/m1/s1. The van der Waals surface area contributed by atoms with Crippen LogP contribution in [0.15, 0.2) is 84.1 Å². The molecule has 2 aromatic carbocycles. The van der Waals surface area contributed by atoms with Gasteiger partial charge in [-0.25, -0.2) is 23.1 Å². The normalized spacial score (nSPS) is 23.7. The molecule has 9 rings (SSSR count). The first-order valence-electron chi connectivity index (χ1n) is 23.2. The predicted molar refractivity (Wildman–Crippen MR) is 252 cm³/mol. The summed E-state index contributed by atoms with van der Waals surface area (Å²) in [7, 11) is -4.64. The van der Waals surface area contributed by atoms with Gasteiger partial charge in [0.1, 0.15) is 22.0 Å². The van der Waals surface area contributed by atoms with E-state index in [0.29, 0.717) is 42.7 Å². The van der Waals surface area contributed by atoms with Crippen LogP contribution in [0.4, 0.5) is 17.2 Å². The van der Waals surface area contributed by atoms with Gasteiger partial charge in [0.2, 0.25) is 5.82 Å². The Labute approximate surface area is 385 Å². The molecule has 17 heteroatoms. The SMILES string of the molecule is CC(C)c1ccccc1[C@H]1C(C)OCCN1C1CC2(CCN(c3ccc(C(=O)NS(=O)(=O)c4cnc(NCC5CCC(C)(O)CC5)c([N+](=O)[O-])c4)c(Oc4cnc5[nH]ccc5c4)c3)CC2)C1. The summed E-state index contributed by atoms with van der Waals surface area (Å²) in [6.07, 6.45) is 11.4. The van der Waals surface area contributed by atoms with Crippen molar-refractivity contribution in [2.24, 2.45) is 11.3 Å². The Hall–Kier alpha value is -5.62. The van der Waals surface area contributed by atoms with Gasteiger partial charge in [0.25, 0.3) is 15.9 Å². The van der Waals surface area contributed by atoms with E-state index in [4.69, 9.17) is 9.47 Å². The van der Waals surface area contributed by atoms with Crippen LogP contribution in [0.3, 0.4) is 0 Å². The third-order valence-electron chi connectivity index (χ3n) is 14.6. The second-order valence-electron chi connectivity index (χ2n) is 19.5. The Kier molecular flexibility index (Phi) is 12.6. The third kappa shape index (κ3) is 9.48. The number of aromatic nitrogens is 3. The van der Waals surface area contributed by atoms with E-state index in [9.17, 15) is 28.4 Å².